The summed E-state index contributed by atoms with van der Waals surface area (Å²) in [5.74, 6) is 2.62. The van der Waals surface area contributed by atoms with Gasteiger partial charge in [-0.05, 0) is 69.5 Å². The Hall–Kier alpha value is -4.97. The number of amides is 2. The minimum Gasteiger partial charge on any atom is -0.490 e. The van der Waals surface area contributed by atoms with Gasteiger partial charge in [0.1, 0.15) is 28.5 Å². The molecule has 3 aliphatic rings. The molecule has 12 nitrogen and oxygen atoms in total. The van der Waals surface area contributed by atoms with Gasteiger partial charge in [-0.1, -0.05) is 6.08 Å². The van der Waals surface area contributed by atoms with Gasteiger partial charge in [-0.3, -0.25) is 19.6 Å². The predicted octanol–water partition coefficient (Wildman–Crippen LogP) is 4.60. The molecule has 12 heteroatoms. The molecule has 2 saturated carbocycles. The third-order valence-electron chi connectivity index (χ3n) is 8.23. The Bertz CT molecular complexity index is 1710. The summed E-state index contributed by atoms with van der Waals surface area (Å²) in [4.78, 5) is 38.4. The number of hydrogen-bond acceptors (Lipinski definition) is 9. The van der Waals surface area contributed by atoms with E-state index >= 15 is 0 Å². The van der Waals surface area contributed by atoms with E-state index in [1.807, 2.05) is 11.0 Å². The SMILES string of the molecule is CN(CC=CC(=O)N1CCC(Nc2n[nH]c3nccc(Oc4ccc(C(=O)Nc5cc(OC6CC6)ccn5)cc4)c23)C1)C1CC1. The lowest BCUT2D eigenvalue weighted by Gasteiger charge is -2.16. The molecule has 2 aliphatic carbocycles. The number of nitrogens with one attached hydrogen (secondary N) is 3. The lowest BCUT2D eigenvalue weighted by Crippen LogP contribution is -2.30. The molecular weight excluding hydrogens is 572 g/mol. The predicted molar refractivity (Wildman–Crippen MR) is 170 cm³/mol. The average molecular weight is 609 g/mol. The van der Waals surface area contributed by atoms with Crippen LogP contribution in [0, 0.1) is 0 Å². The minimum absolute atomic E-state index is 0.0329. The van der Waals surface area contributed by atoms with Crippen LogP contribution in [0.15, 0.2) is 67.0 Å². The van der Waals surface area contributed by atoms with Crippen LogP contribution in [0.2, 0.25) is 0 Å². The molecule has 0 bridgehead atoms. The fraction of sp³-hybridized carbons (Fsp3) is 0.364. The van der Waals surface area contributed by atoms with E-state index in [1.54, 1.807) is 60.9 Å². The summed E-state index contributed by atoms with van der Waals surface area (Å²) in [5.41, 5.74) is 1.05. The van der Waals surface area contributed by atoms with Crippen molar-refractivity contribution in [1.82, 2.24) is 30.0 Å². The van der Waals surface area contributed by atoms with Crippen LogP contribution in [0.1, 0.15) is 42.5 Å². The van der Waals surface area contributed by atoms with Crippen LogP contribution in [0.25, 0.3) is 11.0 Å². The molecule has 0 spiro atoms. The second-order valence-electron chi connectivity index (χ2n) is 11.9. The van der Waals surface area contributed by atoms with Gasteiger partial charge in [-0.15, -0.1) is 0 Å². The van der Waals surface area contributed by atoms with Crippen molar-refractivity contribution in [1.29, 1.82) is 0 Å². The Balaban J connectivity index is 0.968. The Morgan fingerprint density at radius 3 is 2.67 bits per heavy atom. The van der Waals surface area contributed by atoms with Crippen LogP contribution < -0.4 is 20.1 Å². The molecule has 3 fully saturated rings. The van der Waals surface area contributed by atoms with Crippen LogP contribution in [-0.4, -0.2) is 86.6 Å². The van der Waals surface area contributed by atoms with Gasteiger partial charge in [0.2, 0.25) is 5.91 Å². The van der Waals surface area contributed by atoms with E-state index in [0.29, 0.717) is 64.6 Å². The number of ether oxygens (including phenoxy) is 2. The van der Waals surface area contributed by atoms with Crippen LogP contribution in [-0.2, 0) is 4.79 Å². The number of rotatable bonds is 12. The van der Waals surface area contributed by atoms with Crippen molar-refractivity contribution in [2.24, 2.45) is 0 Å². The highest BCUT2D eigenvalue weighted by atomic mass is 16.5. The van der Waals surface area contributed by atoms with Crippen LogP contribution in [0.4, 0.5) is 11.6 Å². The number of H-pyrrole nitrogens is 1. The lowest BCUT2D eigenvalue weighted by molar-refractivity contribution is -0.125. The summed E-state index contributed by atoms with van der Waals surface area (Å²) in [6.07, 6.45) is 12.6. The van der Waals surface area contributed by atoms with E-state index in [0.717, 1.165) is 25.8 Å². The molecule has 1 saturated heterocycles. The summed E-state index contributed by atoms with van der Waals surface area (Å²) in [7, 11) is 2.10. The molecule has 1 aromatic carbocycles. The van der Waals surface area contributed by atoms with Gasteiger partial charge in [0, 0.05) is 67.9 Å². The molecule has 4 heterocycles. The summed E-state index contributed by atoms with van der Waals surface area (Å²) < 4.78 is 12.0. The summed E-state index contributed by atoms with van der Waals surface area (Å²) in [6, 6.07) is 12.9. The molecule has 0 radical (unpaired) electrons. The number of likely N-dealkylation sites (tertiary alicyclic amines) is 1. The van der Waals surface area contributed by atoms with Crippen molar-refractivity contribution in [3.8, 4) is 17.2 Å². The number of anilines is 2. The van der Waals surface area contributed by atoms with E-state index < -0.39 is 0 Å². The molecule has 45 heavy (non-hydrogen) atoms. The number of likely N-dealkylation sites (N-methyl/N-ethyl adjacent to an activating group) is 1. The normalized spacial score (nSPS) is 18.1. The summed E-state index contributed by atoms with van der Waals surface area (Å²) in [6.45, 7) is 2.06. The number of pyridine rings is 2. The van der Waals surface area contributed by atoms with E-state index in [2.05, 4.69) is 42.7 Å². The smallest absolute Gasteiger partial charge is 0.256 e. The Morgan fingerprint density at radius 2 is 1.87 bits per heavy atom. The third-order valence-corrected chi connectivity index (χ3v) is 8.23. The zero-order valence-corrected chi connectivity index (χ0v) is 25.1. The standard InChI is InChI=1S/C33H36N8O4/c1-40(23-6-7-23)17-2-3-29(42)41-18-14-22(20-41)36-32-30-27(13-16-35-31(30)38-39-32)45-25-8-4-21(5-9-25)33(43)37-28-19-26(12-15-34-28)44-24-10-11-24/h2-5,8-9,12-13,15-16,19,22-24H,6-7,10-11,14,17-18,20H2,1H3,(H,34,37,43)(H2,35,36,38,39). The zero-order valence-electron chi connectivity index (χ0n) is 25.1. The molecule has 2 amide bonds. The average Bonchev–Trinajstić information content (AvgIpc) is 3.97. The monoisotopic (exact) mass is 608 g/mol. The largest absolute Gasteiger partial charge is 0.490 e. The number of carbonyl (C=O) groups excluding carboxylic acids is 2. The van der Waals surface area contributed by atoms with Crippen molar-refractivity contribution in [3.63, 3.8) is 0 Å². The van der Waals surface area contributed by atoms with Gasteiger partial charge in [0.05, 0.1) is 6.10 Å². The van der Waals surface area contributed by atoms with Gasteiger partial charge in [-0.2, -0.15) is 5.10 Å². The number of nitrogens with zero attached hydrogens (tertiary/aromatic N) is 5. The Morgan fingerprint density at radius 1 is 1.04 bits per heavy atom. The van der Waals surface area contributed by atoms with Crippen molar-refractivity contribution >= 4 is 34.5 Å². The van der Waals surface area contributed by atoms with Gasteiger partial charge in [0.15, 0.2) is 11.5 Å². The maximum absolute atomic E-state index is 12.9. The minimum atomic E-state index is -0.282. The fourth-order valence-electron chi connectivity index (χ4n) is 5.39. The van der Waals surface area contributed by atoms with Gasteiger partial charge < -0.3 is 25.0 Å². The number of benzene rings is 1. The second kappa shape index (κ2) is 12.6. The molecule has 1 aliphatic heterocycles. The zero-order chi connectivity index (χ0) is 30.8. The molecule has 4 aromatic rings. The number of aromatic amines is 1. The molecule has 1 unspecified atom stereocenters. The maximum atomic E-state index is 12.9. The number of aromatic nitrogens is 4. The highest BCUT2D eigenvalue weighted by Crippen LogP contribution is 2.34. The van der Waals surface area contributed by atoms with Crippen LogP contribution in [0.3, 0.4) is 0 Å². The summed E-state index contributed by atoms with van der Waals surface area (Å²) >= 11 is 0. The first kappa shape index (κ1) is 28.8. The number of fused-ring (bicyclic) bond motifs is 1. The van der Waals surface area contributed by atoms with Crippen LogP contribution in [0.5, 0.6) is 17.2 Å². The van der Waals surface area contributed by atoms with Gasteiger partial charge >= 0.3 is 0 Å². The number of hydrogen-bond donors (Lipinski definition) is 3. The first-order valence-electron chi connectivity index (χ1n) is 15.5. The van der Waals surface area contributed by atoms with Gasteiger partial charge in [0.25, 0.3) is 5.91 Å². The highest BCUT2D eigenvalue weighted by molar-refractivity contribution is 6.04. The maximum Gasteiger partial charge on any atom is 0.256 e. The summed E-state index contributed by atoms with van der Waals surface area (Å²) in [5, 5.41) is 14.4. The molecule has 1 atom stereocenters. The quantitative estimate of drug-likeness (QED) is 0.197. The molecule has 232 valence electrons. The Kier molecular flexibility index (Phi) is 8.04. The van der Waals surface area contributed by atoms with Crippen molar-refractivity contribution in [3.05, 3.63) is 72.6 Å². The molecular formula is C33H36N8O4. The van der Waals surface area contributed by atoms with Crippen LogP contribution >= 0.6 is 0 Å². The van der Waals surface area contributed by atoms with E-state index in [4.69, 9.17) is 9.47 Å². The van der Waals surface area contributed by atoms with E-state index in [-0.39, 0.29) is 24.0 Å². The molecule has 3 aromatic heterocycles. The van der Waals surface area contributed by atoms with E-state index in [9.17, 15) is 9.59 Å². The van der Waals surface area contributed by atoms with Crippen molar-refractivity contribution < 1.29 is 19.1 Å². The highest BCUT2D eigenvalue weighted by Gasteiger charge is 2.28. The topological polar surface area (TPSA) is 138 Å². The second-order valence-corrected chi connectivity index (χ2v) is 11.9. The first-order chi connectivity index (χ1) is 22.0. The number of carbonyl (C=O) groups is 2. The first-order valence-corrected chi connectivity index (χ1v) is 15.5. The van der Waals surface area contributed by atoms with E-state index in [1.165, 1.54) is 12.8 Å². The Labute approximate surface area is 260 Å². The van der Waals surface area contributed by atoms with Crippen molar-refractivity contribution in [2.45, 2.75) is 50.3 Å². The molecule has 3 N–H and O–H groups in total. The fourth-order valence-corrected chi connectivity index (χ4v) is 5.39. The lowest BCUT2D eigenvalue weighted by atomic mass is 10.2. The molecule has 7 rings (SSSR count). The van der Waals surface area contributed by atoms with Gasteiger partial charge in [-0.25, -0.2) is 9.97 Å². The third kappa shape index (κ3) is 7.07. The van der Waals surface area contributed by atoms with Crippen molar-refractivity contribution in [2.75, 3.05) is 37.3 Å².